The maximum Gasteiger partial charge on any atom is 0.410 e. The predicted molar refractivity (Wildman–Crippen MR) is 51.4 cm³/mol. The molecular weight excluding hydrogens is 198 g/mol. The van der Waals surface area contributed by atoms with Gasteiger partial charge in [0.05, 0.1) is 13.2 Å². The fourth-order valence-electron chi connectivity index (χ4n) is 2.42. The smallest absolute Gasteiger partial charge is 0.410 e. The summed E-state index contributed by atoms with van der Waals surface area (Å²) in [6, 6.07) is -0.414. The van der Waals surface area contributed by atoms with E-state index in [2.05, 4.69) is 4.74 Å². The highest BCUT2D eigenvalue weighted by molar-refractivity contribution is 5.91. The van der Waals surface area contributed by atoms with E-state index in [-0.39, 0.29) is 24.4 Å². The van der Waals surface area contributed by atoms with Gasteiger partial charge in [-0.05, 0) is 6.42 Å². The number of ketones is 1. The first-order valence-corrected chi connectivity index (χ1v) is 5.18. The molecule has 2 aliphatic heterocycles. The highest BCUT2D eigenvalue weighted by Gasteiger charge is 2.51. The average molecular weight is 213 g/mol. The molecule has 84 valence electrons. The van der Waals surface area contributed by atoms with E-state index in [9.17, 15) is 9.59 Å². The molecule has 15 heavy (non-hydrogen) atoms. The quantitative estimate of drug-likeness (QED) is 0.634. The van der Waals surface area contributed by atoms with Crippen molar-refractivity contribution in [1.82, 2.24) is 4.90 Å². The van der Waals surface area contributed by atoms with Gasteiger partial charge in [0, 0.05) is 12.5 Å². The van der Waals surface area contributed by atoms with Crippen LogP contribution < -0.4 is 0 Å². The normalized spacial score (nSPS) is 34.4. The van der Waals surface area contributed by atoms with Crippen LogP contribution in [0.25, 0.3) is 0 Å². The minimum Gasteiger partial charge on any atom is -0.453 e. The fourth-order valence-corrected chi connectivity index (χ4v) is 2.42. The van der Waals surface area contributed by atoms with Crippen LogP contribution in [-0.4, -0.2) is 49.2 Å². The van der Waals surface area contributed by atoms with Crippen LogP contribution in [0.2, 0.25) is 0 Å². The zero-order valence-electron chi connectivity index (χ0n) is 8.93. The summed E-state index contributed by atoms with van der Waals surface area (Å²) >= 11 is 0. The minimum atomic E-state index is -0.431. The second-order valence-corrected chi connectivity index (χ2v) is 3.98. The summed E-state index contributed by atoms with van der Waals surface area (Å²) in [6.07, 6.45) is 0.350. The number of amides is 1. The van der Waals surface area contributed by atoms with Gasteiger partial charge in [-0.2, -0.15) is 0 Å². The molecule has 3 atom stereocenters. The maximum atomic E-state index is 11.6. The van der Waals surface area contributed by atoms with E-state index in [1.54, 1.807) is 0 Å². The van der Waals surface area contributed by atoms with E-state index in [1.165, 1.54) is 12.0 Å². The Hall–Kier alpha value is -1.10. The summed E-state index contributed by atoms with van der Waals surface area (Å²) in [7, 11) is 1.33. The van der Waals surface area contributed by atoms with Gasteiger partial charge in [-0.15, -0.1) is 0 Å². The van der Waals surface area contributed by atoms with Crippen LogP contribution in [0.4, 0.5) is 4.79 Å². The number of ether oxygens (including phenoxy) is 2. The van der Waals surface area contributed by atoms with Crippen molar-refractivity contribution in [3.8, 4) is 0 Å². The molecule has 0 spiro atoms. The molecule has 0 aromatic heterocycles. The summed E-state index contributed by atoms with van der Waals surface area (Å²) in [5, 5.41) is 0. The Balaban J connectivity index is 2.20. The second kappa shape index (κ2) is 3.81. The SMILES string of the molecule is CCC1CN(C(=O)OC)C2C(=O)COC12. The Morgan fingerprint density at radius 2 is 2.40 bits per heavy atom. The Kier molecular flexibility index (Phi) is 2.65. The van der Waals surface area contributed by atoms with Crippen molar-refractivity contribution >= 4 is 11.9 Å². The van der Waals surface area contributed by atoms with Gasteiger partial charge in [-0.3, -0.25) is 9.69 Å². The topological polar surface area (TPSA) is 55.8 Å². The number of likely N-dealkylation sites (tertiary alicyclic amines) is 1. The molecule has 0 bridgehead atoms. The average Bonchev–Trinajstić information content (AvgIpc) is 2.78. The summed E-state index contributed by atoms with van der Waals surface area (Å²) in [5.74, 6) is 0.238. The molecule has 0 N–H and O–H groups in total. The van der Waals surface area contributed by atoms with Crippen LogP contribution >= 0.6 is 0 Å². The number of carbonyl (C=O) groups excluding carboxylic acids is 2. The lowest BCUT2D eigenvalue weighted by molar-refractivity contribution is -0.121. The predicted octanol–water partition coefficient (Wildman–Crippen LogP) is 0.431. The number of hydrogen-bond acceptors (Lipinski definition) is 4. The van der Waals surface area contributed by atoms with Crippen molar-refractivity contribution in [2.45, 2.75) is 25.5 Å². The second-order valence-electron chi connectivity index (χ2n) is 3.98. The Morgan fingerprint density at radius 3 is 3.00 bits per heavy atom. The first kappa shape index (κ1) is 10.4. The molecule has 5 heteroatoms. The molecule has 5 nitrogen and oxygen atoms in total. The molecule has 2 saturated heterocycles. The van der Waals surface area contributed by atoms with Gasteiger partial charge in [-0.25, -0.2) is 4.79 Å². The number of rotatable bonds is 1. The van der Waals surface area contributed by atoms with Crippen LogP contribution in [0.15, 0.2) is 0 Å². The molecule has 3 unspecified atom stereocenters. The van der Waals surface area contributed by atoms with Crippen molar-refractivity contribution in [2.24, 2.45) is 5.92 Å². The monoisotopic (exact) mass is 213 g/mol. The molecule has 0 aromatic carbocycles. The summed E-state index contributed by atoms with van der Waals surface area (Å²) in [6.45, 7) is 2.72. The van der Waals surface area contributed by atoms with Gasteiger partial charge in [-0.1, -0.05) is 6.92 Å². The molecule has 2 aliphatic rings. The highest BCUT2D eigenvalue weighted by atomic mass is 16.5. The van der Waals surface area contributed by atoms with E-state index in [1.807, 2.05) is 6.92 Å². The van der Waals surface area contributed by atoms with E-state index in [4.69, 9.17) is 4.74 Å². The number of fused-ring (bicyclic) bond motifs is 1. The molecule has 2 rings (SSSR count). The lowest BCUT2D eigenvalue weighted by Gasteiger charge is -2.19. The highest BCUT2D eigenvalue weighted by Crippen LogP contribution is 2.33. The third-order valence-electron chi connectivity index (χ3n) is 3.22. The summed E-state index contributed by atoms with van der Waals surface area (Å²) in [5.41, 5.74) is 0. The third kappa shape index (κ3) is 1.51. The Bertz CT molecular complexity index is 291. The molecule has 0 radical (unpaired) electrons. The molecule has 1 amide bonds. The van der Waals surface area contributed by atoms with Gasteiger partial charge < -0.3 is 9.47 Å². The number of Topliss-reactive ketones (excluding diaryl/α,β-unsaturated/α-hetero) is 1. The van der Waals surface area contributed by atoms with Crippen molar-refractivity contribution < 1.29 is 19.1 Å². The molecule has 2 heterocycles. The largest absolute Gasteiger partial charge is 0.453 e. The third-order valence-corrected chi connectivity index (χ3v) is 3.22. The molecular formula is C10H15NO4. The van der Waals surface area contributed by atoms with Gasteiger partial charge in [0.1, 0.15) is 12.6 Å². The molecule has 2 fully saturated rings. The first-order valence-electron chi connectivity index (χ1n) is 5.18. The zero-order valence-corrected chi connectivity index (χ0v) is 8.93. The van der Waals surface area contributed by atoms with Crippen LogP contribution in [0.3, 0.4) is 0 Å². The summed E-state index contributed by atoms with van der Waals surface area (Å²) < 4.78 is 10.1. The van der Waals surface area contributed by atoms with E-state index in [0.717, 1.165) is 6.42 Å². The van der Waals surface area contributed by atoms with E-state index in [0.29, 0.717) is 6.54 Å². The van der Waals surface area contributed by atoms with Gasteiger partial charge in [0.2, 0.25) is 0 Å². The van der Waals surface area contributed by atoms with Crippen molar-refractivity contribution in [2.75, 3.05) is 20.3 Å². The fraction of sp³-hybridized carbons (Fsp3) is 0.800. The first-order chi connectivity index (χ1) is 7.19. The lowest BCUT2D eigenvalue weighted by Crippen LogP contribution is -2.41. The van der Waals surface area contributed by atoms with Crippen LogP contribution in [0, 0.1) is 5.92 Å². The van der Waals surface area contributed by atoms with Crippen molar-refractivity contribution in [1.29, 1.82) is 0 Å². The number of hydrogen-bond donors (Lipinski definition) is 0. The molecule has 0 aliphatic carbocycles. The van der Waals surface area contributed by atoms with E-state index >= 15 is 0 Å². The number of carbonyl (C=O) groups is 2. The summed E-state index contributed by atoms with van der Waals surface area (Å²) in [4.78, 5) is 24.5. The molecule has 0 saturated carbocycles. The van der Waals surface area contributed by atoms with Crippen molar-refractivity contribution in [3.05, 3.63) is 0 Å². The van der Waals surface area contributed by atoms with Gasteiger partial charge in [0.15, 0.2) is 5.78 Å². The van der Waals surface area contributed by atoms with Gasteiger partial charge >= 0.3 is 6.09 Å². The number of nitrogens with zero attached hydrogens (tertiary/aromatic N) is 1. The van der Waals surface area contributed by atoms with Crippen LogP contribution in [0.1, 0.15) is 13.3 Å². The lowest BCUT2D eigenvalue weighted by atomic mass is 9.99. The van der Waals surface area contributed by atoms with Crippen LogP contribution in [0.5, 0.6) is 0 Å². The standard InChI is InChI=1S/C10H15NO4/c1-3-6-4-11(10(13)14-2)8-7(12)5-15-9(6)8/h6,8-9H,3-5H2,1-2H3. The van der Waals surface area contributed by atoms with E-state index < -0.39 is 12.1 Å². The zero-order chi connectivity index (χ0) is 11.0. The Labute approximate surface area is 88.3 Å². The Morgan fingerprint density at radius 1 is 1.67 bits per heavy atom. The molecule has 0 aromatic rings. The number of methoxy groups -OCH3 is 1. The van der Waals surface area contributed by atoms with Crippen molar-refractivity contribution in [3.63, 3.8) is 0 Å². The van der Waals surface area contributed by atoms with Gasteiger partial charge in [0.25, 0.3) is 0 Å². The van der Waals surface area contributed by atoms with Crippen LogP contribution in [-0.2, 0) is 14.3 Å². The minimum absolute atomic E-state index is 0.0126. The maximum absolute atomic E-state index is 11.6.